The Bertz CT molecular complexity index is 613. The highest BCUT2D eigenvalue weighted by Gasteiger charge is 2.11. The van der Waals surface area contributed by atoms with Crippen LogP contribution in [0, 0.1) is 6.92 Å². The van der Waals surface area contributed by atoms with Crippen molar-refractivity contribution in [3.8, 4) is 17.4 Å². The van der Waals surface area contributed by atoms with Crippen molar-refractivity contribution in [3.63, 3.8) is 0 Å². The van der Waals surface area contributed by atoms with Crippen molar-refractivity contribution in [2.45, 2.75) is 6.92 Å². The van der Waals surface area contributed by atoms with E-state index in [-0.39, 0.29) is 5.56 Å². The number of hydrogen-bond acceptors (Lipinski definition) is 5. The van der Waals surface area contributed by atoms with Crippen molar-refractivity contribution in [1.29, 1.82) is 0 Å². The number of carbonyl (C=O) groups is 1. The van der Waals surface area contributed by atoms with Crippen LogP contribution in [0.1, 0.15) is 16.2 Å². The number of aromatic nitrogens is 2. The Morgan fingerprint density at radius 3 is 2.68 bits per heavy atom. The lowest BCUT2D eigenvalue weighted by Gasteiger charge is -2.10. The fourth-order valence-corrected chi connectivity index (χ4v) is 1.49. The summed E-state index contributed by atoms with van der Waals surface area (Å²) in [4.78, 5) is 18.9. The van der Waals surface area contributed by atoms with Crippen LogP contribution in [0.4, 0.5) is 0 Å². The Hall–Kier alpha value is -2.63. The van der Waals surface area contributed by atoms with Gasteiger partial charge in [-0.05, 0) is 25.1 Å². The number of methoxy groups -OCH3 is 1. The molecule has 0 radical (unpaired) electrons. The summed E-state index contributed by atoms with van der Waals surface area (Å²) in [5.74, 6) is 0.650. The molecule has 2 rings (SSSR count). The van der Waals surface area contributed by atoms with E-state index < -0.39 is 5.97 Å². The van der Waals surface area contributed by atoms with E-state index in [0.29, 0.717) is 23.2 Å². The molecule has 1 N–H and O–H groups in total. The van der Waals surface area contributed by atoms with Crippen LogP contribution in [0.15, 0.2) is 30.5 Å². The highest BCUT2D eigenvalue weighted by atomic mass is 16.5. The van der Waals surface area contributed by atoms with Crippen molar-refractivity contribution >= 4 is 5.97 Å². The summed E-state index contributed by atoms with van der Waals surface area (Å²) in [6.07, 6.45) is 1.58. The van der Waals surface area contributed by atoms with Crippen molar-refractivity contribution < 1.29 is 19.4 Å². The van der Waals surface area contributed by atoms with Gasteiger partial charge in [0.25, 0.3) is 0 Å². The van der Waals surface area contributed by atoms with Crippen LogP contribution in [0.25, 0.3) is 0 Å². The van der Waals surface area contributed by atoms with Gasteiger partial charge >= 0.3 is 5.97 Å². The average molecular weight is 260 g/mol. The second kappa shape index (κ2) is 5.34. The van der Waals surface area contributed by atoms with Gasteiger partial charge in [-0.3, -0.25) is 0 Å². The standard InChI is InChI=1S/C13H12N2O4/c1-8-14-6-5-12(15-8)19-10-4-3-9(13(16)17)7-11(10)18-2/h3-7H,1-2H3,(H,16,17). The van der Waals surface area contributed by atoms with Crippen LogP contribution in [-0.4, -0.2) is 28.2 Å². The topological polar surface area (TPSA) is 81.5 Å². The van der Waals surface area contributed by atoms with Crippen molar-refractivity contribution in [2.75, 3.05) is 7.11 Å². The minimum atomic E-state index is -1.03. The number of ether oxygens (including phenoxy) is 2. The molecule has 1 heterocycles. The fraction of sp³-hybridized carbons (Fsp3) is 0.154. The van der Waals surface area contributed by atoms with E-state index in [1.807, 2.05) is 0 Å². The molecule has 0 saturated heterocycles. The van der Waals surface area contributed by atoms with Crippen molar-refractivity contribution in [3.05, 3.63) is 41.9 Å². The molecule has 0 saturated carbocycles. The minimum Gasteiger partial charge on any atom is -0.493 e. The number of hydrogen-bond donors (Lipinski definition) is 1. The van der Waals surface area contributed by atoms with Crippen LogP contribution in [0.3, 0.4) is 0 Å². The van der Waals surface area contributed by atoms with Crippen LogP contribution in [0.5, 0.6) is 17.4 Å². The molecule has 0 amide bonds. The zero-order chi connectivity index (χ0) is 13.8. The first-order valence-corrected chi connectivity index (χ1v) is 5.49. The SMILES string of the molecule is COc1cc(C(=O)O)ccc1Oc1ccnc(C)n1. The Balaban J connectivity index is 2.32. The predicted molar refractivity (Wildman–Crippen MR) is 66.8 cm³/mol. The van der Waals surface area contributed by atoms with E-state index in [1.54, 1.807) is 19.2 Å². The van der Waals surface area contributed by atoms with Gasteiger partial charge in [-0.15, -0.1) is 0 Å². The summed E-state index contributed by atoms with van der Waals surface area (Å²) in [7, 11) is 1.44. The van der Waals surface area contributed by atoms with Gasteiger partial charge in [0.2, 0.25) is 5.88 Å². The van der Waals surface area contributed by atoms with Gasteiger partial charge in [-0.25, -0.2) is 9.78 Å². The fourth-order valence-electron chi connectivity index (χ4n) is 1.49. The first kappa shape index (κ1) is 12.8. The summed E-state index contributed by atoms with van der Waals surface area (Å²) in [6.45, 7) is 1.75. The lowest BCUT2D eigenvalue weighted by molar-refractivity contribution is 0.0696. The van der Waals surface area contributed by atoms with E-state index >= 15 is 0 Å². The van der Waals surface area contributed by atoms with Crippen LogP contribution in [0.2, 0.25) is 0 Å². The number of carboxylic acids is 1. The Kier molecular flexibility index (Phi) is 3.61. The number of nitrogens with zero attached hydrogens (tertiary/aromatic N) is 2. The summed E-state index contributed by atoms with van der Waals surface area (Å²) in [5, 5.41) is 8.90. The van der Waals surface area contributed by atoms with Crippen LogP contribution < -0.4 is 9.47 Å². The maximum absolute atomic E-state index is 10.9. The van der Waals surface area contributed by atoms with Gasteiger partial charge in [0.1, 0.15) is 5.82 Å². The number of carboxylic acid groups (broad SMARTS) is 1. The molecule has 0 aliphatic carbocycles. The monoisotopic (exact) mass is 260 g/mol. The smallest absolute Gasteiger partial charge is 0.335 e. The van der Waals surface area contributed by atoms with Gasteiger partial charge in [0, 0.05) is 12.3 Å². The van der Waals surface area contributed by atoms with Crippen molar-refractivity contribution in [1.82, 2.24) is 9.97 Å². The molecule has 19 heavy (non-hydrogen) atoms. The number of aromatic carboxylic acids is 1. The van der Waals surface area contributed by atoms with Gasteiger partial charge < -0.3 is 14.6 Å². The molecular weight excluding hydrogens is 248 g/mol. The molecule has 2 aromatic rings. The van der Waals surface area contributed by atoms with Crippen LogP contribution >= 0.6 is 0 Å². The van der Waals surface area contributed by atoms with Gasteiger partial charge in [0.15, 0.2) is 11.5 Å². The average Bonchev–Trinajstić information content (AvgIpc) is 2.39. The first-order chi connectivity index (χ1) is 9.10. The van der Waals surface area contributed by atoms with E-state index in [9.17, 15) is 4.79 Å². The molecule has 1 aromatic heterocycles. The maximum atomic E-state index is 10.9. The van der Waals surface area contributed by atoms with E-state index in [1.165, 1.54) is 25.3 Å². The van der Waals surface area contributed by atoms with Gasteiger partial charge in [0.05, 0.1) is 12.7 Å². The molecule has 0 aliphatic heterocycles. The molecule has 6 heteroatoms. The molecule has 0 spiro atoms. The van der Waals surface area contributed by atoms with E-state index in [0.717, 1.165) is 0 Å². The second-order valence-corrected chi connectivity index (χ2v) is 3.71. The third-order valence-electron chi connectivity index (χ3n) is 2.38. The zero-order valence-corrected chi connectivity index (χ0v) is 10.5. The summed E-state index contributed by atoms with van der Waals surface area (Å²) in [6, 6.07) is 5.97. The number of benzene rings is 1. The third kappa shape index (κ3) is 2.98. The lowest BCUT2D eigenvalue weighted by atomic mass is 10.2. The Morgan fingerprint density at radius 1 is 1.26 bits per heavy atom. The maximum Gasteiger partial charge on any atom is 0.335 e. The quantitative estimate of drug-likeness (QED) is 0.908. The summed E-state index contributed by atoms with van der Waals surface area (Å²) < 4.78 is 10.7. The van der Waals surface area contributed by atoms with Gasteiger partial charge in [-0.2, -0.15) is 4.98 Å². The molecule has 0 aliphatic rings. The predicted octanol–water partition coefficient (Wildman–Crippen LogP) is 2.28. The van der Waals surface area contributed by atoms with E-state index in [4.69, 9.17) is 14.6 Å². The summed E-state index contributed by atoms with van der Waals surface area (Å²) >= 11 is 0. The number of aryl methyl sites for hydroxylation is 1. The lowest BCUT2D eigenvalue weighted by Crippen LogP contribution is -1.99. The normalized spacial score (nSPS) is 10.0. The Labute approximate surface area is 109 Å². The molecule has 0 unspecified atom stereocenters. The molecule has 0 atom stereocenters. The molecule has 98 valence electrons. The van der Waals surface area contributed by atoms with Crippen molar-refractivity contribution in [2.24, 2.45) is 0 Å². The molecule has 0 bridgehead atoms. The molecule has 1 aromatic carbocycles. The molecule has 0 fully saturated rings. The van der Waals surface area contributed by atoms with E-state index in [2.05, 4.69) is 9.97 Å². The number of rotatable bonds is 4. The molecule has 6 nitrogen and oxygen atoms in total. The largest absolute Gasteiger partial charge is 0.493 e. The zero-order valence-electron chi connectivity index (χ0n) is 10.5. The van der Waals surface area contributed by atoms with Gasteiger partial charge in [-0.1, -0.05) is 0 Å². The highest BCUT2D eigenvalue weighted by molar-refractivity contribution is 5.88. The highest BCUT2D eigenvalue weighted by Crippen LogP contribution is 2.31. The minimum absolute atomic E-state index is 0.128. The second-order valence-electron chi connectivity index (χ2n) is 3.71. The molecular formula is C13H12N2O4. The third-order valence-corrected chi connectivity index (χ3v) is 2.38. The Morgan fingerprint density at radius 2 is 2.05 bits per heavy atom. The first-order valence-electron chi connectivity index (χ1n) is 5.49. The van der Waals surface area contributed by atoms with Crippen LogP contribution in [-0.2, 0) is 0 Å². The summed E-state index contributed by atoms with van der Waals surface area (Å²) in [5.41, 5.74) is 0.128.